The van der Waals surface area contributed by atoms with E-state index >= 15 is 0 Å². The van der Waals surface area contributed by atoms with Crippen molar-refractivity contribution >= 4 is 46.2 Å². The molecule has 3 aromatic rings. The third kappa shape index (κ3) is 4.39. The molecule has 0 spiro atoms. The molecule has 0 unspecified atom stereocenters. The number of amidine groups is 1. The smallest absolute Gasteiger partial charge is 0.264 e. The van der Waals surface area contributed by atoms with Crippen molar-refractivity contribution in [3.63, 3.8) is 0 Å². The summed E-state index contributed by atoms with van der Waals surface area (Å²) in [5, 5.41) is 3.97. The monoisotopic (exact) mass is 423 g/mol. The molecular weight excluding hydrogens is 406 g/mol. The predicted octanol–water partition coefficient (Wildman–Crippen LogP) is 5.34. The van der Waals surface area contributed by atoms with Crippen LogP contribution in [0.5, 0.6) is 5.75 Å². The normalized spacial score (nSPS) is 16.4. The lowest BCUT2D eigenvalue weighted by Crippen LogP contribution is -2.19. The van der Waals surface area contributed by atoms with Crippen LogP contribution < -0.4 is 10.1 Å². The number of methoxy groups -OCH3 is 1. The second-order valence-electron chi connectivity index (χ2n) is 6.46. The second kappa shape index (κ2) is 8.19. The number of benzene rings is 2. The van der Waals surface area contributed by atoms with Crippen molar-refractivity contribution in [2.24, 2.45) is 4.99 Å². The molecule has 4 rings (SSSR count). The van der Waals surface area contributed by atoms with Crippen molar-refractivity contribution in [3.05, 3.63) is 82.0 Å². The van der Waals surface area contributed by atoms with Gasteiger partial charge in [-0.1, -0.05) is 17.7 Å². The van der Waals surface area contributed by atoms with Crippen LogP contribution in [0.4, 0.5) is 5.69 Å². The van der Waals surface area contributed by atoms with Crippen molar-refractivity contribution < 1.29 is 9.53 Å². The van der Waals surface area contributed by atoms with Crippen molar-refractivity contribution in [3.8, 4) is 11.4 Å². The van der Waals surface area contributed by atoms with Gasteiger partial charge in [-0.15, -0.1) is 0 Å². The highest BCUT2D eigenvalue weighted by Crippen LogP contribution is 2.30. The molecule has 146 valence electrons. The number of nitrogens with zero attached hydrogens (tertiary/aromatic N) is 2. The van der Waals surface area contributed by atoms with Gasteiger partial charge in [0.2, 0.25) is 0 Å². The SMILES string of the molecule is COc1ccc(-n2ccc(/C=C3/SC(=Nc4cc(Cl)ccc4C)NC3=O)c2)cc1. The summed E-state index contributed by atoms with van der Waals surface area (Å²) in [4.78, 5) is 17.5. The van der Waals surface area contributed by atoms with E-state index in [4.69, 9.17) is 16.3 Å². The van der Waals surface area contributed by atoms with Gasteiger partial charge in [0, 0.05) is 23.1 Å². The standard InChI is InChI=1S/C22H18ClN3O2S/c1-14-3-4-16(23)12-19(14)24-22-25-21(27)20(29-22)11-15-9-10-26(13-15)17-5-7-18(28-2)8-6-17/h3-13H,1-2H3,(H,24,25,27)/b20-11+. The average molecular weight is 424 g/mol. The molecule has 1 aliphatic heterocycles. The Labute approximate surface area is 178 Å². The maximum absolute atomic E-state index is 12.4. The molecule has 0 atom stereocenters. The number of hydrogen-bond acceptors (Lipinski definition) is 4. The summed E-state index contributed by atoms with van der Waals surface area (Å²) in [6.07, 6.45) is 5.78. The van der Waals surface area contributed by atoms with E-state index < -0.39 is 0 Å². The largest absolute Gasteiger partial charge is 0.497 e. The van der Waals surface area contributed by atoms with Gasteiger partial charge in [0.1, 0.15) is 5.75 Å². The Hall–Kier alpha value is -2.96. The first-order valence-electron chi connectivity index (χ1n) is 8.90. The fourth-order valence-electron chi connectivity index (χ4n) is 2.86. The van der Waals surface area contributed by atoms with Gasteiger partial charge < -0.3 is 14.6 Å². The third-order valence-electron chi connectivity index (χ3n) is 4.43. The van der Waals surface area contributed by atoms with E-state index in [1.807, 2.05) is 72.4 Å². The van der Waals surface area contributed by atoms with Crippen LogP contribution in [0, 0.1) is 6.92 Å². The van der Waals surface area contributed by atoms with Crippen LogP contribution in [-0.2, 0) is 4.79 Å². The maximum Gasteiger partial charge on any atom is 0.264 e. The zero-order valence-electron chi connectivity index (χ0n) is 15.8. The summed E-state index contributed by atoms with van der Waals surface area (Å²) in [6.45, 7) is 1.95. The zero-order valence-corrected chi connectivity index (χ0v) is 17.4. The second-order valence-corrected chi connectivity index (χ2v) is 7.93. The fraction of sp³-hybridized carbons (Fsp3) is 0.0909. The van der Waals surface area contributed by atoms with Crippen LogP contribution in [0.1, 0.15) is 11.1 Å². The highest BCUT2D eigenvalue weighted by Gasteiger charge is 2.24. The number of rotatable bonds is 4. The number of aliphatic imine (C=N–C) groups is 1. The Kier molecular flexibility index (Phi) is 5.47. The third-order valence-corrected chi connectivity index (χ3v) is 5.57. The summed E-state index contributed by atoms with van der Waals surface area (Å²) in [5.41, 5.74) is 3.68. The summed E-state index contributed by atoms with van der Waals surface area (Å²) < 4.78 is 7.19. The van der Waals surface area contributed by atoms with E-state index in [-0.39, 0.29) is 5.91 Å². The van der Waals surface area contributed by atoms with Crippen LogP contribution in [-0.4, -0.2) is 22.8 Å². The van der Waals surface area contributed by atoms with Crippen molar-refractivity contribution in [2.45, 2.75) is 6.92 Å². The highest BCUT2D eigenvalue weighted by molar-refractivity contribution is 8.18. The summed E-state index contributed by atoms with van der Waals surface area (Å²) in [5.74, 6) is 0.648. The number of nitrogens with one attached hydrogen (secondary N) is 1. The van der Waals surface area contributed by atoms with Gasteiger partial charge in [-0.2, -0.15) is 0 Å². The van der Waals surface area contributed by atoms with Crippen molar-refractivity contribution in [1.82, 2.24) is 9.88 Å². The van der Waals surface area contributed by atoms with Crippen LogP contribution in [0.2, 0.25) is 5.02 Å². The minimum absolute atomic E-state index is 0.161. The molecule has 29 heavy (non-hydrogen) atoms. The van der Waals surface area contributed by atoms with E-state index in [9.17, 15) is 4.79 Å². The molecule has 1 aliphatic rings. The maximum atomic E-state index is 12.4. The molecule has 1 N–H and O–H groups in total. The number of carbonyl (C=O) groups is 1. The number of carbonyl (C=O) groups excluding carboxylic acids is 1. The van der Waals surface area contributed by atoms with E-state index in [2.05, 4.69) is 10.3 Å². The minimum Gasteiger partial charge on any atom is -0.497 e. The molecular formula is C22H18ClN3O2S. The van der Waals surface area contributed by atoms with Crippen molar-refractivity contribution in [1.29, 1.82) is 0 Å². The number of thioether (sulfide) groups is 1. The molecule has 1 saturated heterocycles. The summed E-state index contributed by atoms with van der Waals surface area (Å²) >= 11 is 7.37. The molecule has 0 saturated carbocycles. The van der Waals surface area contributed by atoms with Crippen LogP contribution in [0.3, 0.4) is 0 Å². The first-order chi connectivity index (χ1) is 14.0. The lowest BCUT2D eigenvalue weighted by molar-refractivity contribution is -0.115. The van der Waals surface area contributed by atoms with E-state index in [1.165, 1.54) is 11.8 Å². The van der Waals surface area contributed by atoms with Gasteiger partial charge in [-0.25, -0.2) is 4.99 Å². The van der Waals surface area contributed by atoms with Gasteiger partial charge in [0.15, 0.2) is 5.17 Å². The molecule has 2 heterocycles. The highest BCUT2D eigenvalue weighted by atomic mass is 35.5. The number of aryl methyl sites for hydroxylation is 1. The minimum atomic E-state index is -0.161. The first-order valence-corrected chi connectivity index (χ1v) is 10.1. The molecule has 0 aliphatic carbocycles. The molecule has 1 fully saturated rings. The van der Waals surface area contributed by atoms with Crippen LogP contribution in [0.25, 0.3) is 11.8 Å². The molecule has 2 aromatic carbocycles. The van der Waals surface area contributed by atoms with E-state index in [1.54, 1.807) is 13.2 Å². The van der Waals surface area contributed by atoms with Gasteiger partial charge in [-0.05, 0) is 78.4 Å². The van der Waals surface area contributed by atoms with E-state index in [0.29, 0.717) is 15.1 Å². The molecule has 5 nitrogen and oxygen atoms in total. The van der Waals surface area contributed by atoms with Gasteiger partial charge in [0.25, 0.3) is 5.91 Å². The Balaban J connectivity index is 1.54. The Bertz CT molecular complexity index is 1130. The Morgan fingerprint density at radius 2 is 1.97 bits per heavy atom. The lowest BCUT2D eigenvalue weighted by atomic mass is 10.2. The number of ether oxygens (including phenoxy) is 1. The van der Waals surface area contributed by atoms with Gasteiger partial charge >= 0.3 is 0 Å². The fourth-order valence-corrected chi connectivity index (χ4v) is 3.86. The number of aromatic nitrogens is 1. The van der Waals surface area contributed by atoms with Crippen molar-refractivity contribution in [2.75, 3.05) is 7.11 Å². The number of hydrogen-bond donors (Lipinski definition) is 1. The van der Waals surface area contributed by atoms with Crippen LogP contribution >= 0.6 is 23.4 Å². The molecule has 0 radical (unpaired) electrons. The molecule has 1 aromatic heterocycles. The topological polar surface area (TPSA) is 55.6 Å². The molecule has 7 heteroatoms. The number of halogens is 1. The lowest BCUT2D eigenvalue weighted by Gasteiger charge is -2.04. The first kappa shape index (κ1) is 19.4. The predicted molar refractivity (Wildman–Crippen MR) is 119 cm³/mol. The molecule has 0 bridgehead atoms. The Morgan fingerprint density at radius 3 is 2.72 bits per heavy atom. The summed E-state index contributed by atoms with van der Waals surface area (Å²) in [6, 6.07) is 15.2. The average Bonchev–Trinajstić information content (AvgIpc) is 3.32. The number of amides is 1. The Morgan fingerprint density at radius 1 is 1.17 bits per heavy atom. The van der Waals surface area contributed by atoms with Crippen LogP contribution in [0.15, 0.2) is 70.8 Å². The summed E-state index contributed by atoms with van der Waals surface area (Å²) in [7, 11) is 1.64. The molecule has 1 amide bonds. The van der Waals surface area contributed by atoms with Gasteiger partial charge in [-0.3, -0.25) is 4.79 Å². The van der Waals surface area contributed by atoms with Gasteiger partial charge in [0.05, 0.1) is 17.7 Å². The van der Waals surface area contributed by atoms with E-state index in [0.717, 1.165) is 28.3 Å². The quantitative estimate of drug-likeness (QED) is 0.576. The zero-order chi connectivity index (χ0) is 20.4.